The molecule has 2 rings (SSSR count). The Morgan fingerprint density at radius 2 is 1.94 bits per heavy atom. The number of aromatic nitrogens is 1. The molecule has 2 aromatic rings. The zero-order valence-electron chi connectivity index (χ0n) is 8.72. The number of carbonyl (C=O) groups is 1. The van der Waals surface area contributed by atoms with Crippen molar-refractivity contribution in [2.24, 2.45) is 0 Å². The number of pyridine rings is 1. The molecule has 4 nitrogen and oxygen atoms in total. The van der Waals surface area contributed by atoms with Gasteiger partial charge in [-0.25, -0.2) is 0 Å². The Morgan fingerprint density at radius 3 is 2.59 bits per heavy atom. The Bertz CT molecular complexity index is 540. The maximum absolute atomic E-state index is 11.8. The predicted molar refractivity (Wildman–Crippen MR) is 68.0 cm³/mol. The normalized spacial score (nSPS) is 9.94. The van der Waals surface area contributed by atoms with E-state index in [1.54, 1.807) is 12.1 Å². The number of aromatic hydroxyl groups is 1. The smallest absolute Gasteiger partial charge is 0.257 e. The fourth-order valence-corrected chi connectivity index (χ4v) is 1.55. The lowest BCUT2D eigenvalue weighted by atomic mass is 10.2. The van der Waals surface area contributed by atoms with Gasteiger partial charge in [-0.2, -0.15) is 0 Å². The first-order valence-corrected chi connectivity index (χ1v) is 5.65. The van der Waals surface area contributed by atoms with Crippen molar-refractivity contribution in [3.63, 3.8) is 0 Å². The minimum atomic E-state index is -0.310. The van der Waals surface area contributed by atoms with Gasteiger partial charge in [-0.05, 0) is 30.3 Å². The SMILES string of the molecule is O=C(Nc1ccc(Br)cc1)c1cncc(O)c1. The van der Waals surface area contributed by atoms with E-state index in [1.807, 2.05) is 12.1 Å². The summed E-state index contributed by atoms with van der Waals surface area (Å²) in [7, 11) is 0. The molecule has 1 heterocycles. The fourth-order valence-electron chi connectivity index (χ4n) is 1.29. The third kappa shape index (κ3) is 3.04. The van der Waals surface area contributed by atoms with E-state index >= 15 is 0 Å². The predicted octanol–water partition coefficient (Wildman–Crippen LogP) is 2.80. The van der Waals surface area contributed by atoms with E-state index in [0.29, 0.717) is 11.3 Å². The Balaban J connectivity index is 2.14. The number of anilines is 1. The second-order valence-electron chi connectivity index (χ2n) is 3.39. The molecule has 0 aliphatic rings. The Labute approximate surface area is 106 Å². The number of hydrogen-bond acceptors (Lipinski definition) is 3. The molecule has 0 bridgehead atoms. The summed E-state index contributed by atoms with van der Waals surface area (Å²) in [5, 5.41) is 11.9. The molecule has 0 saturated heterocycles. The van der Waals surface area contributed by atoms with Crippen molar-refractivity contribution < 1.29 is 9.90 Å². The molecule has 86 valence electrons. The Morgan fingerprint density at radius 1 is 1.24 bits per heavy atom. The van der Waals surface area contributed by atoms with E-state index in [4.69, 9.17) is 0 Å². The number of nitrogens with zero attached hydrogens (tertiary/aromatic N) is 1. The van der Waals surface area contributed by atoms with Gasteiger partial charge in [-0.3, -0.25) is 9.78 Å². The van der Waals surface area contributed by atoms with Crippen LogP contribution in [0, 0.1) is 0 Å². The van der Waals surface area contributed by atoms with Gasteiger partial charge in [0.25, 0.3) is 5.91 Å². The summed E-state index contributed by atoms with van der Waals surface area (Å²) in [4.78, 5) is 15.5. The summed E-state index contributed by atoms with van der Waals surface area (Å²) >= 11 is 3.31. The number of halogens is 1. The molecule has 1 amide bonds. The van der Waals surface area contributed by atoms with Crippen LogP contribution < -0.4 is 5.32 Å². The van der Waals surface area contributed by atoms with Gasteiger partial charge in [0.15, 0.2) is 0 Å². The second kappa shape index (κ2) is 4.97. The van der Waals surface area contributed by atoms with Crippen molar-refractivity contribution in [1.82, 2.24) is 4.98 Å². The summed E-state index contributed by atoms with van der Waals surface area (Å²) in [6, 6.07) is 8.57. The maximum atomic E-state index is 11.8. The average Bonchev–Trinajstić information content (AvgIpc) is 2.32. The topological polar surface area (TPSA) is 62.2 Å². The molecule has 0 fully saturated rings. The van der Waals surface area contributed by atoms with Gasteiger partial charge in [0.05, 0.1) is 11.8 Å². The van der Waals surface area contributed by atoms with Crippen molar-refractivity contribution in [2.45, 2.75) is 0 Å². The molecule has 5 heteroatoms. The van der Waals surface area contributed by atoms with Crippen LogP contribution >= 0.6 is 15.9 Å². The highest BCUT2D eigenvalue weighted by atomic mass is 79.9. The summed E-state index contributed by atoms with van der Waals surface area (Å²) < 4.78 is 0.939. The van der Waals surface area contributed by atoms with Crippen LogP contribution in [0.15, 0.2) is 47.2 Å². The van der Waals surface area contributed by atoms with Gasteiger partial charge in [0, 0.05) is 16.4 Å². The number of amides is 1. The van der Waals surface area contributed by atoms with Crippen LogP contribution in [0.3, 0.4) is 0 Å². The van der Waals surface area contributed by atoms with Crippen molar-refractivity contribution >= 4 is 27.5 Å². The number of hydrogen-bond donors (Lipinski definition) is 2. The first-order valence-electron chi connectivity index (χ1n) is 4.86. The van der Waals surface area contributed by atoms with Gasteiger partial charge in [-0.1, -0.05) is 15.9 Å². The lowest BCUT2D eigenvalue weighted by molar-refractivity contribution is 0.102. The molecule has 2 N–H and O–H groups in total. The third-order valence-corrected chi connectivity index (χ3v) is 2.62. The van der Waals surface area contributed by atoms with E-state index < -0.39 is 0 Å². The zero-order valence-corrected chi connectivity index (χ0v) is 10.3. The molecule has 0 aliphatic carbocycles. The lowest BCUT2D eigenvalue weighted by Crippen LogP contribution is -2.11. The maximum Gasteiger partial charge on any atom is 0.257 e. The standard InChI is InChI=1S/C12H9BrN2O2/c13-9-1-3-10(4-2-9)15-12(17)8-5-11(16)7-14-6-8/h1-7,16H,(H,15,17). The van der Waals surface area contributed by atoms with E-state index in [1.165, 1.54) is 18.5 Å². The van der Waals surface area contributed by atoms with Crippen LogP contribution in [-0.4, -0.2) is 16.0 Å². The molecule has 0 aliphatic heterocycles. The summed E-state index contributed by atoms with van der Waals surface area (Å²) in [6.07, 6.45) is 2.67. The van der Waals surface area contributed by atoms with Crippen LogP contribution in [0.1, 0.15) is 10.4 Å². The Hall–Kier alpha value is -1.88. The molecule has 0 atom stereocenters. The molecule has 1 aromatic carbocycles. The van der Waals surface area contributed by atoms with E-state index in [-0.39, 0.29) is 11.7 Å². The van der Waals surface area contributed by atoms with Crippen LogP contribution in [0.4, 0.5) is 5.69 Å². The second-order valence-corrected chi connectivity index (χ2v) is 4.31. The van der Waals surface area contributed by atoms with Crippen LogP contribution in [-0.2, 0) is 0 Å². The molecular weight excluding hydrogens is 284 g/mol. The zero-order chi connectivity index (χ0) is 12.3. The highest BCUT2D eigenvalue weighted by molar-refractivity contribution is 9.10. The highest BCUT2D eigenvalue weighted by Crippen LogP contribution is 2.15. The van der Waals surface area contributed by atoms with Gasteiger partial charge in [0.1, 0.15) is 5.75 Å². The quantitative estimate of drug-likeness (QED) is 0.895. The van der Waals surface area contributed by atoms with E-state index in [9.17, 15) is 9.90 Å². The number of carbonyl (C=O) groups excluding carboxylic acids is 1. The van der Waals surface area contributed by atoms with Gasteiger partial charge in [0.2, 0.25) is 0 Å². The minimum absolute atomic E-state index is 0.0338. The average molecular weight is 293 g/mol. The van der Waals surface area contributed by atoms with E-state index in [0.717, 1.165) is 4.47 Å². The monoisotopic (exact) mass is 292 g/mol. The molecule has 1 aromatic heterocycles. The van der Waals surface area contributed by atoms with E-state index in [2.05, 4.69) is 26.2 Å². The molecule has 0 radical (unpaired) electrons. The minimum Gasteiger partial charge on any atom is -0.506 e. The third-order valence-electron chi connectivity index (χ3n) is 2.09. The summed E-state index contributed by atoms with van der Waals surface area (Å²) in [5.41, 5.74) is 0.995. The van der Waals surface area contributed by atoms with Crippen molar-refractivity contribution in [3.05, 3.63) is 52.8 Å². The van der Waals surface area contributed by atoms with Crippen LogP contribution in [0.25, 0.3) is 0 Å². The number of rotatable bonds is 2. The molecule has 0 spiro atoms. The number of nitrogens with one attached hydrogen (secondary N) is 1. The highest BCUT2D eigenvalue weighted by Gasteiger charge is 2.06. The lowest BCUT2D eigenvalue weighted by Gasteiger charge is -2.05. The van der Waals surface area contributed by atoms with Crippen molar-refractivity contribution in [2.75, 3.05) is 5.32 Å². The molecular formula is C12H9BrN2O2. The van der Waals surface area contributed by atoms with Crippen LogP contribution in [0.2, 0.25) is 0 Å². The first kappa shape index (κ1) is 11.6. The van der Waals surface area contributed by atoms with Gasteiger partial charge in [-0.15, -0.1) is 0 Å². The Kier molecular flexibility index (Phi) is 3.39. The molecule has 17 heavy (non-hydrogen) atoms. The number of benzene rings is 1. The summed E-state index contributed by atoms with van der Waals surface area (Å²) in [6.45, 7) is 0. The molecule has 0 unspecified atom stereocenters. The fraction of sp³-hybridized carbons (Fsp3) is 0. The van der Waals surface area contributed by atoms with Crippen LogP contribution in [0.5, 0.6) is 5.75 Å². The first-order chi connectivity index (χ1) is 8.15. The van der Waals surface area contributed by atoms with Gasteiger partial charge < -0.3 is 10.4 Å². The largest absolute Gasteiger partial charge is 0.506 e. The molecule has 0 saturated carbocycles. The van der Waals surface area contributed by atoms with Gasteiger partial charge >= 0.3 is 0 Å². The van der Waals surface area contributed by atoms with Crippen molar-refractivity contribution in [1.29, 1.82) is 0 Å². The van der Waals surface area contributed by atoms with Crippen molar-refractivity contribution in [3.8, 4) is 5.75 Å². The summed E-state index contributed by atoms with van der Waals surface area (Å²) in [5.74, 6) is -0.343.